The van der Waals surface area contributed by atoms with E-state index in [0.717, 1.165) is 19.5 Å². The third kappa shape index (κ3) is 2.48. The molecule has 2 heterocycles. The van der Waals surface area contributed by atoms with Gasteiger partial charge < -0.3 is 10.2 Å². The van der Waals surface area contributed by atoms with E-state index in [2.05, 4.69) is 5.32 Å². The SMILES string of the molecule is Cl.Cl.O=CN1CCC2(CC1)CNC2. The summed E-state index contributed by atoms with van der Waals surface area (Å²) in [5.74, 6) is 0. The van der Waals surface area contributed by atoms with Crippen molar-refractivity contribution in [3.63, 3.8) is 0 Å². The van der Waals surface area contributed by atoms with E-state index < -0.39 is 0 Å². The number of amides is 1. The fraction of sp³-hybridized carbons (Fsp3) is 0.875. The summed E-state index contributed by atoms with van der Waals surface area (Å²) in [5.41, 5.74) is 0.569. The van der Waals surface area contributed by atoms with Crippen molar-refractivity contribution in [2.24, 2.45) is 5.41 Å². The van der Waals surface area contributed by atoms with Gasteiger partial charge in [0.15, 0.2) is 0 Å². The van der Waals surface area contributed by atoms with Gasteiger partial charge in [0, 0.05) is 26.2 Å². The second-order valence-corrected chi connectivity index (χ2v) is 3.74. The average molecular weight is 227 g/mol. The third-order valence-electron chi connectivity index (χ3n) is 3.01. The number of carbonyl (C=O) groups excluding carboxylic acids is 1. The standard InChI is InChI=1S/C8H14N2O.2ClH/c11-7-10-3-1-8(2-4-10)5-9-6-8;;/h7,9H,1-6H2;2*1H. The third-order valence-corrected chi connectivity index (χ3v) is 3.01. The van der Waals surface area contributed by atoms with Crippen molar-refractivity contribution in [2.45, 2.75) is 12.8 Å². The second kappa shape index (κ2) is 5.03. The summed E-state index contributed by atoms with van der Waals surface area (Å²) in [6.45, 7) is 4.26. The van der Waals surface area contributed by atoms with Crippen molar-refractivity contribution in [3.05, 3.63) is 0 Å². The molecule has 2 saturated heterocycles. The fourth-order valence-electron chi connectivity index (χ4n) is 1.94. The van der Waals surface area contributed by atoms with E-state index in [-0.39, 0.29) is 24.8 Å². The molecule has 1 spiro atoms. The van der Waals surface area contributed by atoms with Crippen molar-refractivity contribution in [2.75, 3.05) is 26.2 Å². The Bertz CT molecular complexity index is 164. The Balaban J connectivity index is 0.000000720. The van der Waals surface area contributed by atoms with Crippen LogP contribution in [0.15, 0.2) is 0 Å². The van der Waals surface area contributed by atoms with Crippen LogP contribution in [0.3, 0.4) is 0 Å². The van der Waals surface area contributed by atoms with E-state index in [1.807, 2.05) is 4.90 Å². The van der Waals surface area contributed by atoms with E-state index in [1.165, 1.54) is 25.9 Å². The van der Waals surface area contributed by atoms with Crippen LogP contribution < -0.4 is 5.32 Å². The monoisotopic (exact) mass is 226 g/mol. The molecule has 13 heavy (non-hydrogen) atoms. The highest BCUT2D eigenvalue weighted by molar-refractivity contribution is 5.85. The number of hydrogen-bond acceptors (Lipinski definition) is 2. The van der Waals surface area contributed by atoms with E-state index in [9.17, 15) is 4.79 Å². The molecule has 5 heteroatoms. The Hall–Kier alpha value is 0.01000. The zero-order chi connectivity index (χ0) is 7.73. The molecular weight excluding hydrogens is 211 g/mol. The van der Waals surface area contributed by atoms with Gasteiger partial charge in [-0.1, -0.05) is 0 Å². The Morgan fingerprint density at radius 1 is 1.15 bits per heavy atom. The van der Waals surface area contributed by atoms with Crippen LogP contribution in [0.1, 0.15) is 12.8 Å². The van der Waals surface area contributed by atoms with Crippen LogP contribution in [0.5, 0.6) is 0 Å². The van der Waals surface area contributed by atoms with E-state index in [4.69, 9.17) is 0 Å². The van der Waals surface area contributed by atoms with Crippen LogP contribution in [-0.4, -0.2) is 37.5 Å². The van der Waals surface area contributed by atoms with Crippen LogP contribution in [0, 0.1) is 5.41 Å². The van der Waals surface area contributed by atoms with Gasteiger partial charge in [-0.05, 0) is 18.3 Å². The molecule has 3 nitrogen and oxygen atoms in total. The van der Waals surface area contributed by atoms with Gasteiger partial charge in [0.05, 0.1) is 0 Å². The molecule has 0 aromatic heterocycles. The average Bonchev–Trinajstić information content (AvgIpc) is 2.02. The van der Waals surface area contributed by atoms with Gasteiger partial charge in [0.25, 0.3) is 0 Å². The molecule has 2 fully saturated rings. The Kier molecular flexibility index (Phi) is 5.04. The largest absolute Gasteiger partial charge is 0.345 e. The zero-order valence-electron chi connectivity index (χ0n) is 7.49. The summed E-state index contributed by atoms with van der Waals surface area (Å²) in [7, 11) is 0. The molecule has 0 bridgehead atoms. The maximum atomic E-state index is 10.4. The predicted octanol–water partition coefficient (Wildman–Crippen LogP) is 0.672. The number of nitrogens with one attached hydrogen (secondary N) is 1. The van der Waals surface area contributed by atoms with Crippen LogP contribution >= 0.6 is 24.8 Å². The summed E-state index contributed by atoms with van der Waals surface area (Å²) in [5, 5.41) is 3.30. The molecule has 0 atom stereocenters. The number of carbonyl (C=O) groups is 1. The van der Waals surface area contributed by atoms with Crippen LogP contribution in [0.4, 0.5) is 0 Å². The van der Waals surface area contributed by atoms with Crippen LogP contribution in [0.25, 0.3) is 0 Å². The molecule has 0 aliphatic carbocycles. The summed E-state index contributed by atoms with van der Waals surface area (Å²) in [6, 6.07) is 0. The van der Waals surface area contributed by atoms with Gasteiger partial charge in [-0.15, -0.1) is 24.8 Å². The summed E-state index contributed by atoms with van der Waals surface area (Å²) in [6.07, 6.45) is 3.36. The molecule has 0 unspecified atom stereocenters. The smallest absolute Gasteiger partial charge is 0.209 e. The van der Waals surface area contributed by atoms with Crippen molar-refractivity contribution < 1.29 is 4.79 Å². The zero-order valence-corrected chi connectivity index (χ0v) is 9.12. The molecule has 2 aliphatic rings. The molecule has 0 radical (unpaired) electrons. The first-order chi connectivity index (χ1) is 5.35. The summed E-state index contributed by atoms with van der Waals surface area (Å²) in [4.78, 5) is 12.3. The van der Waals surface area contributed by atoms with E-state index in [0.29, 0.717) is 5.41 Å². The molecular formula is C8H16Cl2N2O. The maximum Gasteiger partial charge on any atom is 0.209 e. The fourth-order valence-corrected chi connectivity index (χ4v) is 1.94. The van der Waals surface area contributed by atoms with Gasteiger partial charge in [-0.3, -0.25) is 4.79 Å². The van der Waals surface area contributed by atoms with E-state index >= 15 is 0 Å². The molecule has 0 saturated carbocycles. The van der Waals surface area contributed by atoms with Crippen molar-refractivity contribution in [1.82, 2.24) is 10.2 Å². The van der Waals surface area contributed by atoms with Crippen molar-refractivity contribution in [3.8, 4) is 0 Å². The molecule has 0 aromatic carbocycles. The minimum atomic E-state index is 0. The number of hydrogen-bond donors (Lipinski definition) is 1. The Morgan fingerprint density at radius 3 is 2.00 bits per heavy atom. The first kappa shape index (κ1) is 13.0. The minimum absolute atomic E-state index is 0. The Labute approximate surface area is 91.1 Å². The number of halogens is 2. The maximum absolute atomic E-state index is 10.4. The molecule has 78 valence electrons. The number of piperidine rings is 1. The molecule has 2 aliphatic heterocycles. The first-order valence-corrected chi connectivity index (χ1v) is 4.25. The molecule has 0 aromatic rings. The van der Waals surface area contributed by atoms with Gasteiger partial charge in [-0.25, -0.2) is 0 Å². The van der Waals surface area contributed by atoms with E-state index in [1.54, 1.807) is 0 Å². The predicted molar refractivity (Wildman–Crippen MR) is 56.7 cm³/mol. The van der Waals surface area contributed by atoms with Crippen molar-refractivity contribution >= 4 is 31.2 Å². The highest BCUT2D eigenvalue weighted by Gasteiger charge is 2.39. The minimum Gasteiger partial charge on any atom is -0.345 e. The van der Waals surface area contributed by atoms with Crippen LogP contribution in [-0.2, 0) is 4.79 Å². The van der Waals surface area contributed by atoms with Gasteiger partial charge in [0.1, 0.15) is 0 Å². The normalized spacial score (nSPS) is 23.8. The Morgan fingerprint density at radius 2 is 1.69 bits per heavy atom. The topological polar surface area (TPSA) is 32.3 Å². The molecule has 1 N–H and O–H groups in total. The lowest BCUT2D eigenvalue weighted by Crippen LogP contribution is -2.58. The lowest BCUT2D eigenvalue weighted by Gasteiger charge is -2.47. The highest BCUT2D eigenvalue weighted by Crippen LogP contribution is 2.34. The summed E-state index contributed by atoms with van der Waals surface area (Å²) >= 11 is 0. The molecule has 2 rings (SSSR count). The number of rotatable bonds is 1. The molecule has 1 amide bonds. The summed E-state index contributed by atoms with van der Waals surface area (Å²) < 4.78 is 0. The van der Waals surface area contributed by atoms with Gasteiger partial charge in [0.2, 0.25) is 6.41 Å². The lowest BCUT2D eigenvalue weighted by molar-refractivity contribution is -0.120. The second-order valence-electron chi connectivity index (χ2n) is 3.74. The van der Waals surface area contributed by atoms with Crippen LogP contribution in [0.2, 0.25) is 0 Å². The van der Waals surface area contributed by atoms with Gasteiger partial charge in [-0.2, -0.15) is 0 Å². The highest BCUT2D eigenvalue weighted by atomic mass is 35.5. The lowest BCUT2D eigenvalue weighted by atomic mass is 9.74. The van der Waals surface area contributed by atoms with Crippen molar-refractivity contribution in [1.29, 1.82) is 0 Å². The number of likely N-dealkylation sites (tertiary alicyclic amines) is 1. The number of nitrogens with zero attached hydrogens (tertiary/aromatic N) is 1. The quantitative estimate of drug-likeness (QED) is 0.668. The van der Waals surface area contributed by atoms with Gasteiger partial charge >= 0.3 is 0 Å². The first-order valence-electron chi connectivity index (χ1n) is 4.25.